The lowest BCUT2D eigenvalue weighted by atomic mass is 9.65. The lowest BCUT2D eigenvalue weighted by molar-refractivity contribution is 0.113. The first kappa shape index (κ1) is 17.4. The molecule has 0 bridgehead atoms. The van der Waals surface area contributed by atoms with Gasteiger partial charge in [0.15, 0.2) is 0 Å². The minimum absolute atomic E-state index is 0.752. The van der Waals surface area contributed by atoms with E-state index >= 15 is 0 Å². The molecule has 1 fully saturated rings. The molecule has 1 aliphatic rings. The zero-order chi connectivity index (χ0) is 12.2. The Morgan fingerprint density at radius 2 is 1.53 bits per heavy atom. The van der Waals surface area contributed by atoms with Gasteiger partial charge in [-0.25, -0.2) is 0 Å². The van der Waals surface area contributed by atoms with E-state index in [0.717, 1.165) is 12.0 Å². The second-order valence-electron chi connectivity index (χ2n) is 3.81. The van der Waals surface area contributed by atoms with Crippen molar-refractivity contribution in [3.05, 3.63) is 0 Å². The predicted octanol–water partition coefficient (Wildman–Crippen LogP) is 4.62. The Balaban J connectivity index is 0. The van der Waals surface area contributed by atoms with Crippen LogP contribution in [0, 0.1) is 5.41 Å². The Hall–Kier alpha value is -0.0400. The van der Waals surface area contributed by atoms with Crippen molar-refractivity contribution in [3.63, 3.8) is 0 Å². The van der Waals surface area contributed by atoms with E-state index in [1.54, 1.807) is 0 Å². The highest BCUT2D eigenvalue weighted by molar-refractivity contribution is 4.86. The van der Waals surface area contributed by atoms with Crippen molar-refractivity contribution in [2.75, 3.05) is 13.1 Å². The van der Waals surface area contributed by atoms with E-state index in [1.807, 2.05) is 27.7 Å². The first-order chi connectivity index (χ1) is 7.33. The fourth-order valence-corrected chi connectivity index (χ4v) is 1.99. The summed E-state index contributed by atoms with van der Waals surface area (Å²) >= 11 is 0. The highest BCUT2D eigenvalue weighted by Gasteiger charge is 2.33. The standard InChI is InChI=1S/C10H21N.2C2H6/c1-3-10(6-5-7-10)8-9-11-4-2;2*1-2/h11H,3-9H2,1-2H3;2*1-2H3. The molecule has 0 heterocycles. The molecule has 94 valence electrons. The molecule has 0 aromatic rings. The Labute approximate surface area is 98.0 Å². The van der Waals surface area contributed by atoms with Crippen molar-refractivity contribution in [1.82, 2.24) is 5.32 Å². The van der Waals surface area contributed by atoms with Crippen LogP contribution >= 0.6 is 0 Å². The normalized spacial score (nSPS) is 16.4. The molecule has 0 unspecified atom stereocenters. The van der Waals surface area contributed by atoms with Gasteiger partial charge in [0.05, 0.1) is 0 Å². The summed E-state index contributed by atoms with van der Waals surface area (Å²) in [6.07, 6.45) is 7.22. The monoisotopic (exact) mass is 215 g/mol. The zero-order valence-corrected chi connectivity index (χ0v) is 11.9. The molecule has 15 heavy (non-hydrogen) atoms. The van der Waals surface area contributed by atoms with E-state index in [-0.39, 0.29) is 0 Å². The third kappa shape index (κ3) is 6.94. The Morgan fingerprint density at radius 3 is 1.80 bits per heavy atom. The van der Waals surface area contributed by atoms with Gasteiger partial charge in [-0.1, -0.05) is 54.4 Å². The minimum atomic E-state index is 0.752. The molecule has 0 aromatic carbocycles. The van der Waals surface area contributed by atoms with Gasteiger partial charge in [-0.05, 0) is 37.8 Å². The van der Waals surface area contributed by atoms with Crippen LogP contribution in [0.2, 0.25) is 0 Å². The molecular weight excluding hydrogens is 182 g/mol. The third-order valence-electron chi connectivity index (χ3n) is 3.25. The molecule has 1 saturated carbocycles. The molecule has 0 atom stereocenters. The van der Waals surface area contributed by atoms with Gasteiger partial charge in [0.1, 0.15) is 0 Å². The molecule has 0 amide bonds. The first-order valence-corrected chi connectivity index (χ1v) is 7.04. The summed E-state index contributed by atoms with van der Waals surface area (Å²) in [6, 6.07) is 0. The van der Waals surface area contributed by atoms with Gasteiger partial charge in [0.25, 0.3) is 0 Å². The summed E-state index contributed by atoms with van der Waals surface area (Å²) in [5.74, 6) is 0. The largest absolute Gasteiger partial charge is 0.317 e. The average molecular weight is 215 g/mol. The van der Waals surface area contributed by atoms with Crippen LogP contribution < -0.4 is 5.32 Å². The average Bonchev–Trinajstić information content (AvgIpc) is 2.28. The second-order valence-corrected chi connectivity index (χ2v) is 3.81. The number of hydrogen-bond acceptors (Lipinski definition) is 1. The molecule has 0 aliphatic heterocycles. The summed E-state index contributed by atoms with van der Waals surface area (Å²) in [4.78, 5) is 0. The molecule has 1 N–H and O–H groups in total. The van der Waals surface area contributed by atoms with Crippen LogP contribution in [-0.4, -0.2) is 13.1 Å². The maximum Gasteiger partial charge on any atom is -0.00437 e. The molecule has 0 spiro atoms. The number of hydrogen-bond donors (Lipinski definition) is 1. The van der Waals surface area contributed by atoms with Gasteiger partial charge in [-0.3, -0.25) is 0 Å². The lowest BCUT2D eigenvalue weighted by Gasteiger charge is -2.41. The molecule has 1 rings (SSSR count). The third-order valence-corrected chi connectivity index (χ3v) is 3.25. The summed E-state index contributed by atoms with van der Waals surface area (Å²) < 4.78 is 0. The predicted molar refractivity (Wildman–Crippen MR) is 72.4 cm³/mol. The van der Waals surface area contributed by atoms with Crippen molar-refractivity contribution in [2.45, 2.75) is 73.6 Å². The molecule has 0 radical (unpaired) electrons. The van der Waals surface area contributed by atoms with Gasteiger partial charge in [-0.15, -0.1) is 0 Å². The van der Waals surface area contributed by atoms with Crippen molar-refractivity contribution < 1.29 is 0 Å². The van der Waals surface area contributed by atoms with Crippen LogP contribution in [0.3, 0.4) is 0 Å². The number of nitrogens with one attached hydrogen (secondary N) is 1. The smallest absolute Gasteiger partial charge is 0.00437 e. The molecular formula is C14H33N. The van der Waals surface area contributed by atoms with E-state index in [9.17, 15) is 0 Å². The lowest BCUT2D eigenvalue weighted by Crippen LogP contribution is -2.32. The first-order valence-electron chi connectivity index (χ1n) is 7.04. The Morgan fingerprint density at radius 1 is 1.00 bits per heavy atom. The minimum Gasteiger partial charge on any atom is -0.317 e. The summed E-state index contributed by atoms with van der Waals surface area (Å²) in [7, 11) is 0. The van der Waals surface area contributed by atoms with Crippen LogP contribution in [-0.2, 0) is 0 Å². The molecule has 0 saturated heterocycles. The van der Waals surface area contributed by atoms with Crippen molar-refractivity contribution in [1.29, 1.82) is 0 Å². The molecule has 1 heteroatoms. The highest BCUT2D eigenvalue weighted by Crippen LogP contribution is 2.46. The maximum atomic E-state index is 3.41. The molecule has 1 nitrogen and oxygen atoms in total. The zero-order valence-electron chi connectivity index (χ0n) is 11.9. The van der Waals surface area contributed by atoms with Crippen LogP contribution in [0.15, 0.2) is 0 Å². The fraction of sp³-hybridized carbons (Fsp3) is 1.00. The topological polar surface area (TPSA) is 12.0 Å². The second kappa shape index (κ2) is 12.0. The Kier molecular flexibility index (Phi) is 13.9. The van der Waals surface area contributed by atoms with Crippen molar-refractivity contribution >= 4 is 0 Å². The van der Waals surface area contributed by atoms with Crippen LogP contribution in [0.5, 0.6) is 0 Å². The van der Waals surface area contributed by atoms with Crippen LogP contribution in [0.1, 0.15) is 73.6 Å². The Bertz CT molecular complexity index is 100. The maximum absolute atomic E-state index is 3.41. The van der Waals surface area contributed by atoms with Gasteiger partial charge >= 0.3 is 0 Å². The number of rotatable bonds is 5. The summed E-state index contributed by atoms with van der Waals surface area (Å²) in [6.45, 7) is 14.9. The fourth-order valence-electron chi connectivity index (χ4n) is 1.99. The van der Waals surface area contributed by atoms with Gasteiger partial charge in [0, 0.05) is 0 Å². The molecule has 0 aromatic heterocycles. The van der Waals surface area contributed by atoms with Gasteiger partial charge < -0.3 is 5.32 Å². The van der Waals surface area contributed by atoms with Crippen molar-refractivity contribution in [2.24, 2.45) is 5.41 Å². The van der Waals surface area contributed by atoms with Crippen LogP contribution in [0.4, 0.5) is 0 Å². The van der Waals surface area contributed by atoms with E-state index in [1.165, 1.54) is 38.6 Å². The summed E-state index contributed by atoms with van der Waals surface area (Å²) in [5, 5.41) is 3.41. The van der Waals surface area contributed by atoms with E-state index in [2.05, 4.69) is 19.2 Å². The van der Waals surface area contributed by atoms with Crippen LogP contribution in [0.25, 0.3) is 0 Å². The highest BCUT2D eigenvalue weighted by atomic mass is 14.8. The van der Waals surface area contributed by atoms with E-state index in [0.29, 0.717) is 0 Å². The quantitative estimate of drug-likeness (QED) is 0.660. The van der Waals surface area contributed by atoms with Gasteiger partial charge in [-0.2, -0.15) is 0 Å². The van der Waals surface area contributed by atoms with E-state index < -0.39 is 0 Å². The SMILES string of the molecule is CC.CC.CCNCCC1(CC)CCC1. The van der Waals surface area contributed by atoms with Crippen molar-refractivity contribution in [3.8, 4) is 0 Å². The summed E-state index contributed by atoms with van der Waals surface area (Å²) in [5.41, 5.74) is 0.752. The van der Waals surface area contributed by atoms with E-state index in [4.69, 9.17) is 0 Å². The van der Waals surface area contributed by atoms with Gasteiger partial charge in [0.2, 0.25) is 0 Å². The molecule has 1 aliphatic carbocycles.